The van der Waals surface area contributed by atoms with Crippen LogP contribution in [0.25, 0.3) is 0 Å². The number of hydrogen-bond donors (Lipinski definition) is 1. The van der Waals surface area contributed by atoms with Crippen LogP contribution in [-0.2, 0) is 11.2 Å². The van der Waals surface area contributed by atoms with Gasteiger partial charge in [-0.2, -0.15) is 0 Å². The first-order valence-electron chi connectivity index (χ1n) is 6.04. The highest BCUT2D eigenvalue weighted by Gasteiger charge is 2.12. The summed E-state index contributed by atoms with van der Waals surface area (Å²) in [6.45, 7) is 4.00. The quantitative estimate of drug-likeness (QED) is 0.744. The number of aromatic nitrogens is 1. The summed E-state index contributed by atoms with van der Waals surface area (Å²) in [5.41, 5.74) is 6.90. The van der Waals surface area contributed by atoms with Crippen LogP contribution in [0.2, 0.25) is 0 Å². The molecule has 1 atom stereocenters. The minimum absolute atomic E-state index is 0.0445. The lowest BCUT2D eigenvalue weighted by Gasteiger charge is -2.10. The Morgan fingerprint density at radius 2 is 2.17 bits per heavy atom. The van der Waals surface area contributed by atoms with Crippen LogP contribution in [0.4, 0.5) is 8.78 Å². The predicted octanol–water partition coefficient (Wildman–Crippen LogP) is 3.01. The van der Waals surface area contributed by atoms with E-state index in [9.17, 15) is 8.78 Å². The average molecular weight is 278 g/mol. The number of halogens is 2. The molecule has 0 radical (unpaired) electrons. The number of thiazole rings is 1. The van der Waals surface area contributed by atoms with E-state index in [0.29, 0.717) is 12.3 Å². The number of nitrogens with two attached hydrogens (primary N) is 1. The molecule has 2 N–H and O–H groups in total. The van der Waals surface area contributed by atoms with Crippen LogP contribution in [0.1, 0.15) is 37.0 Å². The maximum Gasteiger partial charge on any atom is 0.261 e. The summed E-state index contributed by atoms with van der Waals surface area (Å²) in [5, 5.41) is 2.83. The Hall–Kier alpha value is -0.590. The molecule has 0 fully saturated rings. The van der Waals surface area contributed by atoms with Crippen LogP contribution in [0.15, 0.2) is 5.38 Å². The molecule has 0 aromatic carbocycles. The number of hydrogen-bond acceptors (Lipinski definition) is 4. The second kappa shape index (κ2) is 7.76. The minimum atomic E-state index is -2.41. The fraction of sp³-hybridized carbons (Fsp3) is 0.750. The Bertz CT molecular complexity index is 345. The number of nitrogens with zero attached hydrogens (tertiary/aromatic N) is 1. The van der Waals surface area contributed by atoms with Crippen LogP contribution in [0.5, 0.6) is 0 Å². The summed E-state index contributed by atoms with van der Waals surface area (Å²) in [4.78, 5) is 4.41. The van der Waals surface area contributed by atoms with Crippen LogP contribution < -0.4 is 5.73 Å². The lowest BCUT2D eigenvalue weighted by atomic mass is 10.0. The van der Waals surface area contributed by atoms with E-state index in [-0.39, 0.29) is 12.6 Å². The Morgan fingerprint density at radius 3 is 2.78 bits per heavy atom. The second-order valence-corrected chi connectivity index (χ2v) is 5.56. The predicted molar refractivity (Wildman–Crippen MR) is 69.0 cm³/mol. The first-order chi connectivity index (χ1) is 8.49. The van der Waals surface area contributed by atoms with E-state index >= 15 is 0 Å². The molecule has 0 bridgehead atoms. The van der Waals surface area contributed by atoms with Crippen molar-refractivity contribution in [2.75, 3.05) is 13.2 Å². The highest BCUT2D eigenvalue weighted by atomic mass is 32.1. The summed E-state index contributed by atoms with van der Waals surface area (Å²) < 4.78 is 28.5. The van der Waals surface area contributed by atoms with Crippen LogP contribution in [0.3, 0.4) is 0 Å². The standard InChI is InChI=1S/C12H20F2N2OS/c1-8(2)5-9(15)10-7-18-12(16-10)3-4-17-6-11(13)14/h7-9,11H,3-6,15H2,1-2H3. The van der Waals surface area contributed by atoms with E-state index in [1.807, 2.05) is 5.38 Å². The monoisotopic (exact) mass is 278 g/mol. The molecule has 0 spiro atoms. The first kappa shape index (κ1) is 15.5. The number of ether oxygens (including phenoxy) is 1. The minimum Gasteiger partial charge on any atom is -0.375 e. The SMILES string of the molecule is CC(C)CC(N)c1csc(CCOCC(F)F)n1. The molecule has 18 heavy (non-hydrogen) atoms. The fourth-order valence-corrected chi connectivity index (χ4v) is 2.41. The zero-order valence-corrected chi connectivity index (χ0v) is 11.6. The molecule has 1 heterocycles. The lowest BCUT2D eigenvalue weighted by molar-refractivity contribution is 0.0187. The third-order valence-corrected chi connectivity index (χ3v) is 3.31. The molecule has 104 valence electrons. The van der Waals surface area contributed by atoms with Gasteiger partial charge in [0, 0.05) is 17.8 Å². The van der Waals surface area contributed by atoms with Crippen LogP contribution >= 0.6 is 11.3 Å². The van der Waals surface area contributed by atoms with Gasteiger partial charge in [0.2, 0.25) is 0 Å². The molecular weight excluding hydrogens is 258 g/mol. The highest BCUT2D eigenvalue weighted by molar-refractivity contribution is 7.09. The van der Waals surface area contributed by atoms with Gasteiger partial charge in [0.05, 0.1) is 17.3 Å². The van der Waals surface area contributed by atoms with Crippen molar-refractivity contribution in [2.45, 2.75) is 39.2 Å². The topological polar surface area (TPSA) is 48.1 Å². The molecule has 1 aromatic rings. The van der Waals surface area contributed by atoms with E-state index in [0.717, 1.165) is 17.1 Å². The van der Waals surface area contributed by atoms with Crippen molar-refractivity contribution < 1.29 is 13.5 Å². The Kier molecular flexibility index (Phi) is 6.67. The van der Waals surface area contributed by atoms with Gasteiger partial charge in [-0.15, -0.1) is 11.3 Å². The van der Waals surface area contributed by atoms with Gasteiger partial charge in [0.25, 0.3) is 6.43 Å². The molecule has 1 unspecified atom stereocenters. The lowest BCUT2D eigenvalue weighted by Crippen LogP contribution is -2.13. The van der Waals surface area contributed by atoms with E-state index in [1.165, 1.54) is 11.3 Å². The van der Waals surface area contributed by atoms with Crippen molar-refractivity contribution >= 4 is 11.3 Å². The second-order valence-electron chi connectivity index (χ2n) is 4.62. The van der Waals surface area contributed by atoms with Gasteiger partial charge in [0.15, 0.2) is 0 Å². The summed E-state index contributed by atoms with van der Waals surface area (Å²) in [6, 6.07) is -0.0445. The smallest absolute Gasteiger partial charge is 0.261 e. The largest absolute Gasteiger partial charge is 0.375 e. The van der Waals surface area contributed by atoms with Crippen LogP contribution in [-0.4, -0.2) is 24.6 Å². The van der Waals surface area contributed by atoms with Crippen molar-refractivity contribution in [2.24, 2.45) is 11.7 Å². The molecule has 0 saturated carbocycles. The van der Waals surface area contributed by atoms with Crippen molar-refractivity contribution in [1.29, 1.82) is 0 Å². The van der Waals surface area contributed by atoms with Crippen molar-refractivity contribution in [3.05, 3.63) is 16.1 Å². The molecule has 0 saturated heterocycles. The number of alkyl halides is 2. The van der Waals surface area contributed by atoms with E-state index < -0.39 is 13.0 Å². The van der Waals surface area contributed by atoms with Crippen LogP contribution in [0, 0.1) is 5.92 Å². The van der Waals surface area contributed by atoms with E-state index in [4.69, 9.17) is 10.5 Å². The van der Waals surface area contributed by atoms with Gasteiger partial charge in [-0.05, 0) is 12.3 Å². The molecule has 1 rings (SSSR count). The molecule has 6 heteroatoms. The van der Waals surface area contributed by atoms with Gasteiger partial charge in [-0.25, -0.2) is 13.8 Å². The van der Waals surface area contributed by atoms with Crippen molar-refractivity contribution in [1.82, 2.24) is 4.98 Å². The summed E-state index contributed by atoms with van der Waals surface area (Å²) in [6.07, 6.45) is -0.951. The Labute approximate surface area is 110 Å². The van der Waals surface area contributed by atoms with Gasteiger partial charge in [0.1, 0.15) is 6.61 Å². The zero-order chi connectivity index (χ0) is 13.5. The molecule has 1 aromatic heterocycles. The van der Waals surface area contributed by atoms with Gasteiger partial charge < -0.3 is 10.5 Å². The van der Waals surface area contributed by atoms with Gasteiger partial charge >= 0.3 is 0 Å². The van der Waals surface area contributed by atoms with E-state index in [1.54, 1.807) is 0 Å². The van der Waals surface area contributed by atoms with Gasteiger partial charge in [-0.3, -0.25) is 0 Å². The maximum absolute atomic E-state index is 11.8. The summed E-state index contributed by atoms with van der Waals surface area (Å²) in [7, 11) is 0. The molecule has 0 aliphatic heterocycles. The molecule has 0 aliphatic rings. The molecule has 3 nitrogen and oxygen atoms in total. The average Bonchev–Trinajstić information content (AvgIpc) is 2.72. The third-order valence-electron chi connectivity index (χ3n) is 2.38. The molecular formula is C12H20F2N2OS. The molecule has 0 amide bonds. The van der Waals surface area contributed by atoms with Gasteiger partial charge in [-0.1, -0.05) is 13.8 Å². The van der Waals surface area contributed by atoms with E-state index in [2.05, 4.69) is 18.8 Å². The number of rotatable bonds is 8. The normalized spacial score (nSPS) is 13.5. The van der Waals surface area contributed by atoms with Crippen molar-refractivity contribution in [3.63, 3.8) is 0 Å². The maximum atomic E-state index is 11.8. The molecule has 0 aliphatic carbocycles. The fourth-order valence-electron chi connectivity index (χ4n) is 1.57. The Morgan fingerprint density at radius 1 is 1.44 bits per heavy atom. The highest BCUT2D eigenvalue weighted by Crippen LogP contribution is 2.21. The summed E-state index contributed by atoms with van der Waals surface area (Å²) in [5.74, 6) is 0.527. The summed E-state index contributed by atoms with van der Waals surface area (Å²) >= 11 is 1.51. The van der Waals surface area contributed by atoms with Crippen molar-refractivity contribution in [3.8, 4) is 0 Å². The zero-order valence-electron chi connectivity index (χ0n) is 10.7. The third kappa shape index (κ3) is 5.84. The Balaban J connectivity index is 2.34. The first-order valence-corrected chi connectivity index (χ1v) is 6.92.